The molecule has 0 aliphatic heterocycles. The Labute approximate surface area is 130 Å². The minimum atomic E-state index is 0.673. The van der Waals surface area contributed by atoms with E-state index in [-0.39, 0.29) is 0 Å². The maximum Gasteiger partial charge on any atom is 0.0111 e. The summed E-state index contributed by atoms with van der Waals surface area (Å²) >= 11 is 0. The average molecular weight is 285 g/mol. The summed E-state index contributed by atoms with van der Waals surface area (Å²) in [7, 11) is 0. The number of nitrogens with one attached hydrogen (secondary N) is 1. The van der Waals surface area contributed by atoms with Crippen LogP contribution in [0, 0.1) is 0 Å². The highest BCUT2D eigenvalue weighted by molar-refractivity contribution is 5.57. The SMILES string of the molecule is CCCCCC=Cc1cccc2c1CC(NCCC)CC2. The van der Waals surface area contributed by atoms with E-state index < -0.39 is 0 Å². The second kappa shape index (κ2) is 9.04. The van der Waals surface area contributed by atoms with Crippen LogP contribution in [0.5, 0.6) is 0 Å². The quantitative estimate of drug-likeness (QED) is 0.652. The van der Waals surface area contributed by atoms with Crippen molar-refractivity contribution in [1.82, 2.24) is 5.32 Å². The second-order valence-corrected chi connectivity index (χ2v) is 6.28. The largest absolute Gasteiger partial charge is 0.314 e. The Hall–Kier alpha value is -1.08. The fourth-order valence-electron chi connectivity index (χ4n) is 3.22. The Morgan fingerprint density at radius 2 is 2.10 bits per heavy atom. The summed E-state index contributed by atoms with van der Waals surface area (Å²) in [5.74, 6) is 0. The van der Waals surface area contributed by atoms with Crippen LogP contribution in [-0.2, 0) is 12.8 Å². The van der Waals surface area contributed by atoms with Crippen LogP contribution in [0.4, 0.5) is 0 Å². The van der Waals surface area contributed by atoms with E-state index >= 15 is 0 Å². The van der Waals surface area contributed by atoms with Gasteiger partial charge in [-0.25, -0.2) is 0 Å². The molecule has 0 saturated carbocycles. The standard InChI is InChI=1S/C20H31N/c1-3-5-6-7-8-10-17-11-9-12-18-13-14-19(16-20(17)18)21-15-4-2/h8-12,19,21H,3-7,13-16H2,1-2H3. The third-order valence-corrected chi connectivity index (χ3v) is 4.48. The highest BCUT2D eigenvalue weighted by Gasteiger charge is 2.19. The Morgan fingerprint density at radius 3 is 2.90 bits per heavy atom. The monoisotopic (exact) mass is 285 g/mol. The van der Waals surface area contributed by atoms with Gasteiger partial charge in [0.1, 0.15) is 0 Å². The molecule has 0 fully saturated rings. The number of hydrogen-bond acceptors (Lipinski definition) is 1. The van der Waals surface area contributed by atoms with Crippen molar-refractivity contribution in [3.63, 3.8) is 0 Å². The van der Waals surface area contributed by atoms with E-state index in [9.17, 15) is 0 Å². The van der Waals surface area contributed by atoms with Crippen LogP contribution in [0.3, 0.4) is 0 Å². The summed E-state index contributed by atoms with van der Waals surface area (Å²) in [6.07, 6.45) is 14.9. The summed E-state index contributed by atoms with van der Waals surface area (Å²) < 4.78 is 0. The molecule has 1 aromatic carbocycles. The second-order valence-electron chi connectivity index (χ2n) is 6.28. The lowest BCUT2D eigenvalue weighted by atomic mass is 9.85. The lowest BCUT2D eigenvalue weighted by Crippen LogP contribution is -2.35. The van der Waals surface area contributed by atoms with Gasteiger partial charge in [-0.15, -0.1) is 0 Å². The molecule has 1 N–H and O–H groups in total. The van der Waals surface area contributed by atoms with Crippen molar-refractivity contribution in [2.24, 2.45) is 0 Å². The first-order valence-electron chi connectivity index (χ1n) is 8.85. The minimum Gasteiger partial charge on any atom is -0.314 e. The van der Waals surface area contributed by atoms with Crippen molar-refractivity contribution in [2.75, 3.05) is 6.54 Å². The van der Waals surface area contributed by atoms with Gasteiger partial charge in [-0.2, -0.15) is 0 Å². The number of benzene rings is 1. The van der Waals surface area contributed by atoms with Crippen LogP contribution in [0.25, 0.3) is 6.08 Å². The highest BCUT2D eigenvalue weighted by atomic mass is 14.9. The molecule has 0 bridgehead atoms. The van der Waals surface area contributed by atoms with Crippen LogP contribution in [-0.4, -0.2) is 12.6 Å². The Balaban J connectivity index is 2.00. The van der Waals surface area contributed by atoms with Gasteiger partial charge in [0.15, 0.2) is 0 Å². The zero-order valence-corrected chi connectivity index (χ0v) is 13.8. The van der Waals surface area contributed by atoms with E-state index in [1.54, 1.807) is 11.1 Å². The summed E-state index contributed by atoms with van der Waals surface area (Å²) in [4.78, 5) is 0. The van der Waals surface area contributed by atoms with Crippen LogP contribution >= 0.6 is 0 Å². The van der Waals surface area contributed by atoms with E-state index in [2.05, 4.69) is 49.5 Å². The molecule has 0 spiro atoms. The van der Waals surface area contributed by atoms with Gasteiger partial charge in [-0.3, -0.25) is 0 Å². The Kier molecular flexibility index (Phi) is 7.02. The molecule has 1 nitrogen and oxygen atoms in total. The summed E-state index contributed by atoms with van der Waals surface area (Å²) in [6, 6.07) is 7.51. The molecule has 1 unspecified atom stereocenters. The fraction of sp³-hybridized carbons (Fsp3) is 0.600. The van der Waals surface area contributed by atoms with Crippen molar-refractivity contribution < 1.29 is 0 Å². The smallest absolute Gasteiger partial charge is 0.0111 e. The number of aryl methyl sites for hydroxylation is 1. The van der Waals surface area contributed by atoms with E-state index in [1.165, 1.54) is 56.9 Å². The Bertz CT molecular complexity index is 447. The first-order valence-corrected chi connectivity index (χ1v) is 8.85. The molecule has 21 heavy (non-hydrogen) atoms. The van der Waals surface area contributed by atoms with Gasteiger partial charge in [0.25, 0.3) is 0 Å². The van der Waals surface area contributed by atoms with Gasteiger partial charge in [-0.1, -0.05) is 57.0 Å². The Morgan fingerprint density at radius 1 is 1.19 bits per heavy atom. The number of unbranched alkanes of at least 4 members (excludes halogenated alkanes) is 3. The maximum atomic E-state index is 3.70. The first-order chi connectivity index (χ1) is 10.3. The van der Waals surface area contributed by atoms with Crippen molar-refractivity contribution in [1.29, 1.82) is 0 Å². The lowest BCUT2D eigenvalue weighted by molar-refractivity contribution is 0.459. The molecule has 116 valence electrons. The zero-order valence-electron chi connectivity index (χ0n) is 13.8. The molecule has 1 aliphatic rings. The van der Waals surface area contributed by atoms with Crippen molar-refractivity contribution in [2.45, 2.75) is 71.3 Å². The molecule has 0 amide bonds. The van der Waals surface area contributed by atoms with Gasteiger partial charge in [0.05, 0.1) is 0 Å². The molecule has 0 saturated heterocycles. The van der Waals surface area contributed by atoms with Crippen LogP contribution in [0.15, 0.2) is 24.3 Å². The van der Waals surface area contributed by atoms with Crippen molar-refractivity contribution in [3.05, 3.63) is 41.0 Å². The minimum absolute atomic E-state index is 0.673. The predicted molar refractivity (Wildman–Crippen MR) is 93.7 cm³/mol. The molecule has 0 radical (unpaired) electrons. The number of allylic oxidation sites excluding steroid dienone is 1. The molecular formula is C20H31N. The van der Waals surface area contributed by atoms with E-state index in [0.29, 0.717) is 6.04 Å². The summed E-state index contributed by atoms with van der Waals surface area (Å²) in [5.41, 5.74) is 4.61. The lowest BCUT2D eigenvalue weighted by Gasteiger charge is -2.27. The fourth-order valence-corrected chi connectivity index (χ4v) is 3.22. The topological polar surface area (TPSA) is 12.0 Å². The van der Waals surface area contributed by atoms with E-state index in [4.69, 9.17) is 0 Å². The number of hydrogen-bond donors (Lipinski definition) is 1. The normalized spacial score (nSPS) is 18.1. The molecule has 1 aromatic rings. The van der Waals surface area contributed by atoms with Gasteiger partial charge in [-0.05, 0) is 61.8 Å². The van der Waals surface area contributed by atoms with Gasteiger partial charge in [0, 0.05) is 6.04 Å². The van der Waals surface area contributed by atoms with E-state index in [1.807, 2.05) is 0 Å². The predicted octanol–water partition coefficient (Wildman–Crippen LogP) is 5.14. The van der Waals surface area contributed by atoms with Crippen LogP contribution in [0.1, 0.15) is 69.1 Å². The van der Waals surface area contributed by atoms with Crippen LogP contribution < -0.4 is 5.32 Å². The number of fused-ring (bicyclic) bond motifs is 1. The highest BCUT2D eigenvalue weighted by Crippen LogP contribution is 2.26. The average Bonchev–Trinajstić information content (AvgIpc) is 2.52. The van der Waals surface area contributed by atoms with Gasteiger partial charge >= 0.3 is 0 Å². The molecular weight excluding hydrogens is 254 g/mol. The summed E-state index contributed by atoms with van der Waals surface area (Å²) in [6.45, 7) is 5.66. The molecule has 1 heteroatoms. The van der Waals surface area contributed by atoms with Crippen molar-refractivity contribution >= 4 is 6.08 Å². The van der Waals surface area contributed by atoms with Gasteiger partial charge in [0.2, 0.25) is 0 Å². The van der Waals surface area contributed by atoms with E-state index in [0.717, 1.165) is 6.54 Å². The summed E-state index contributed by atoms with van der Waals surface area (Å²) in [5, 5.41) is 3.70. The molecule has 1 aliphatic carbocycles. The third-order valence-electron chi connectivity index (χ3n) is 4.48. The van der Waals surface area contributed by atoms with Gasteiger partial charge < -0.3 is 5.32 Å². The van der Waals surface area contributed by atoms with Crippen LogP contribution in [0.2, 0.25) is 0 Å². The zero-order chi connectivity index (χ0) is 14.9. The molecule has 2 rings (SSSR count). The van der Waals surface area contributed by atoms with Crippen molar-refractivity contribution in [3.8, 4) is 0 Å². The molecule has 0 aromatic heterocycles. The maximum absolute atomic E-state index is 3.70. The first kappa shape index (κ1) is 16.3. The molecule has 1 atom stereocenters. The third kappa shape index (κ3) is 5.00. The molecule has 0 heterocycles. The number of rotatable bonds is 8.